The van der Waals surface area contributed by atoms with Crippen LogP contribution in [0, 0.1) is 0 Å². The molecule has 0 unspecified atom stereocenters. The average Bonchev–Trinajstić information content (AvgIpc) is 2.58. The molecule has 1 heterocycles. The Morgan fingerprint density at radius 1 is 1.53 bits per heavy atom. The monoisotopic (exact) mass is 252 g/mol. The van der Waals surface area contributed by atoms with E-state index in [9.17, 15) is 23.5 Å². The number of rotatable bonds is 3. The van der Waals surface area contributed by atoms with Crippen molar-refractivity contribution in [3.8, 4) is 0 Å². The molecular weight excluding hydrogens is 238 g/mol. The van der Waals surface area contributed by atoms with E-state index >= 15 is 0 Å². The number of amides is 2. The molecule has 0 bridgehead atoms. The predicted molar refractivity (Wildman–Crippen MR) is 52.8 cm³/mol. The van der Waals surface area contributed by atoms with E-state index in [0.717, 1.165) is 16.8 Å². The van der Waals surface area contributed by atoms with Crippen molar-refractivity contribution >= 4 is 12.0 Å². The lowest BCUT2D eigenvalue weighted by Gasteiger charge is -2.27. The molecule has 98 valence electrons. The molecule has 0 aliphatic carbocycles. The second-order valence-corrected chi connectivity index (χ2v) is 3.95. The number of halogens is 2. The highest BCUT2D eigenvalue weighted by atomic mass is 19.3. The van der Waals surface area contributed by atoms with Crippen molar-refractivity contribution in [2.45, 2.75) is 25.0 Å². The Morgan fingerprint density at radius 3 is 2.59 bits per heavy atom. The predicted octanol–water partition coefficient (Wildman–Crippen LogP) is -0.177. The van der Waals surface area contributed by atoms with Gasteiger partial charge in [-0.1, -0.05) is 0 Å². The van der Waals surface area contributed by atoms with Gasteiger partial charge in [0.25, 0.3) is 6.43 Å². The van der Waals surface area contributed by atoms with Gasteiger partial charge in [-0.25, -0.2) is 18.4 Å². The third-order valence-corrected chi connectivity index (χ3v) is 2.55. The van der Waals surface area contributed by atoms with Crippen LogP contribution < -0.4 is 0 Å². The van der Waals surface area contributed by atoms with Crippen LogP contribution in [0.5, 0.6) is 0 Å². The zero-order valence-corrected chi connectivity index (χ0v) is 9.21. The lowest BCUT2D eigenvalue weighted by molar-refractivity contribution is -0.141. The molecule has 2 atom stereocenters. The van der Waals surface area contributed by atoms with Gasteiger partial charge in [0.2, 0.25) is 0 Å². The Hall–Kier alpha value is -1.44. The number of β-amino-alcohol motifs (C(OH)–C–C–N with tert-alkyl or cyclic N) is 1. The van der Waals surface area contributed by atoms with E-state index in [0.29, 0.717) is 0 Å². The number of nitrogens with zero attached hydrogens (tertiary/aromatic N) is 2. The highest BCUT2D eigenvalue weighted by molar-refractivity contribution is 5.83. The third-order valence-electron chi connectivity index (χ3n) is 2.55. The van der Waals surface area contributed by atoms with E-state index in [-0.39, 0.29) is 13.0 Å². The smallest absolute Gasteiger partial charge is 0.326 e. The summed E-state index contributed by atoms with van der Waals surface area (Å²) < 4.78 is 24.2. The zero-order chi connectivity index (χ0) is 13.2. The van der Waals surface area contributed by atoms with Crippen LogP contribution in [0.4, 0.5) is 13.6 Å². The van der Waals surface area contributed by atoms with Gasteiger partial charge in [-0.05, 0) is 0 Å². The van der Waals surface area contributed by atoms with Gasteiger partial charge in [0, 0.05) is 20.0 Å². The van der Waals surface area contributed by atoms with Crippen molar-refractivity contribution in [3.05, 3.63) is 0 Å². The maximum absolute atomic E-state index is 12.1. The first kappa shape index (κ1) is 13.6. The number of aliphatic carboxylic acids is 1. The molecule has 0 spiro atoms. The van der Waals surface area contributed by atoms with Crippen LogP contribution in [0.25, 0.3) is 0 Å². The summed E-state index contributed by atoms with van der Waals surface area (Å²) in [6.07, 6.45) is -3.69. The van der Waals surface area contributed by atoms with Crippen molar-refractivity contribution in [1.29, 1.82) is 0 Å². The maximum atomic E-state index is 12.1. The molecule has 6 nitrogen and oxygen atoms in total. The fraction of sp³-hybridized carbons (Fsp3) is 0.778. The highest BCUT2D eigenvalue weighted by Crippen LogP contribution is 2.19. The number of aliphatic hydroxyl groups excluding tert-OH is 1. The summed E-state index contributed by atoms with van der Waals surface area (Å²) in [4.78, 5) is 24.2. The lowest BCUT2D eigenvalue weighted by Crippen LogP contribution is -2.47. The van der Waals surface area contributed by atoms with Crippen LogP contribution in [-0.2, 0) is 4.79 Å². The van der Waals surface area contributed by atoms with Crippen molar-refractivity contribution < 1.29 is 28.6 Å². The minimum absolute atomic E-state index is 0.0798. The van der Waals surface area contributed by atoms with Gasteiger partial charge in [-0.2, -0.15) is 0 Å². The molecule has 0 aromatic carbocycles. The quantitative estimate of drug-likeness (QED) is 0.730. The van der Waals surface area contributed by atoms with E-state index in [1.165, 1.54) is 0 Å². The molecular formula is C9H14F2N2O4. The van der Waals surface area contributed by atoms with E-state index in [1.807, 2.05) is 0 Å². The van der Waals surface area contributed by atoms with E-state index in [2.05, 4.69) is 0 Å². The average molecular weight is 252 g/mol. The van der Waals surface area contributed by atoms with Gasteiger partial charge in [-0.3, -0.25) is 0 Å². The second kappa shape index (κ2) is 5.26. The number of carbonyl (C=O) groups is 2. The van der Waals surface area contributed by atoms with Crippen LogP contribution in [0.1, 0.15) is 6.42 Å². The summed E-state index contributed by atoms with van der Waals surface area (Å²) in [5.74, 6) is -1.25. The third kappa shape index (κ3) is 3.26. The first-order valence-electron chi connectivity index (χ1n) is 5.03. The van der Waals surface area contributed by atoms with Gasteiger partial charge in [0.1, 0.15) is 6.04 Å². The first-order valence-corrected chi connectivity index (χ1v) is 5.03. The van der Waals surface area contributed by atoms with Crippen molar-refractivity contribution in [3.63, 3.8) is 0 Å². The Morgan fingerprint density at radius 2 is 2.12 bits per heavy atom. The van der Waals surface area contributed by atoms with Gasteiger partial charge in [0.15, 0.2) is 0 Å². The summed E-state index contributed by atoms with van der Waals surface area (Å²) in [7, 11) is 1.16. The number of hydrogen-bond donors (Lipinski definition) is 2. The van der Waals surface area contributed by atoms with Gasteiger partial charge in [-0.15, -0.1) is 0 Å². The molecule has 1 fully saturated rings. The molecule has 8 heteroatoms. The number of carboxylic acids is 1. The minimum atomic E-state index is -2.68. The number of carbonyl (C=O) groups excluding carboxylic acids is 1. The SMILES string of the molecule is CN(CC(F)F)C(=O)N1C[C@@H](O)C[C@H]1C(=O)O. The Labute approximate surface area is 96.4 Å². The maximum Gasteiger partial charge on any atom is 0.326 e. The Balaban J connectivity index is 2.70. The van der Waals surface area contributed by atoms with Crippen molar-refractivity contribution in [2.75, 3.05) is 20.1 Å². The van der Waals surface area contributed by atoms with E-state index < -0.39 is 37.1 Å². The van der Waals surface area contributed by atoms with E-state index in [4.69, 9.17) is 5.11 Å². The minimum Gasteiger partial charge on any atom is -0.480 e. The standard InChI is InChI=1S/C9H14F2N2O4/c1-12(4-7(10)11)9(17)13-3-5(14)2-6(13)8(15)16/h5-7,14H,2-4H2,1H3,(H,15,16)/t5-,6-/m0/s1. The molecule has 17 heavy (non-hydrogen) atoms. The largest absolute Gasteiger partial charge is 0.480 e. The number of carboxylic acid groups (broad SMARTS) is 1. The zero-order valence-electron chi connectivity index (χ0n) is 9.21. The van der Waals surface area contributed by atoms with Crippen molar-refractivity contribution in [1.82, 2.24) is 9.80 Å². The van der Waals surface area contributed by atoms with Crippen LogP contribution in [0.15, 0.2) is 0 Å². The Bertz CT molecular complexity index is 313. The van der Waals surface area contributed by atoms with Crippen molar-refractivity contribution in [2.24, 2.45) is 0 Å². The summed E-state index contributed by atoms with van der Waals surface area (Å²) in [6.45, 7) is -0.916. The molecule has 0 saturated carbocycles. The molecule has 1 saturated heterocycles. The first-order chi connectivity index (χ1) is 7.82. The summed E-state index contributed by atoms with van der Waals surface area (Å²) in [5, 5.41) is 18.1. The van der Waals surface area contributed by atoms with Crippen LogP contribution >= 0.6 is 0 Å². The molecule has 1 aliphatic heterocycles. The topological polar surface area (TPSA) is 81.1 Å². The van der Waals surface area contributed by atoms with Crippen LogP contribution in [-0.4, -0.2) is 70.7 Å². The second-order valence-electron chi connectivity index (χ2n) is 3.95. The van der Waals surface area contributed by atoms with E-state index in [1.54, 1.807) is 0 Å². The molecule has 2 N–H and O–H groups in total. The normalized spacial score (nSPS) is 24.2. The van der Waals surface area contributed by atoms with Crippen LogP contribution in [0.2, 0.25) is 0 Å². The van der Waals surface area contributed by atoms with Gasteiger partial charge in [0.05, 0.1) is 12.6 Å². The molecule has 0 aromatic heterocycles. The van der Waals surface area contributed by atoms with Crippen LogP contribution in [0.3, 0.4) is 0 Å². The lowest BCUT2D eigenvalue weighted by atomic mass is 10.2. The molecule has 0 aromatic rings. The molecule has 2 amide bonds. The summed E-state index contributed by atoms with van der Waals surface area (Å²) in [5.41, 5.74) is 0. The van der Waals surface area contributed by atoms with Gasteiger partial charge >= 0.3 is 12.0 Å². The Kier molecular flexibility index (Phi) is 4.22. The summed E-state index contributed by atoms with van der Waals surface area (Å²) >= 11 is 0. The molecule has 1 aliphatic rings. The summed E-state index contributed by atoms with van der Waals surface area (Å²) in [6, 6.07) is -1.97. The number of hydrogen-bond acceptors (Lipinski definition) is 3. The molecule has 0 radical (unpaired) electrons. The number of alkyl halides is 2. The fourth-order valence-electron chi connectivity index (χ4n) is 1.76. The highest BCUT2D eigenvalue weighted by Gasteiger charge is 2.40. The number of urea groups is 1. The molecule has 1 rings (SSSR count). The van der Waals surface area contributed by atoms with Gasteiger partial charge < -0.3 is 20.0 Å². The number of aliphatic hydroxyl groups is 1. The fourth-order valence-corrected chi connectivity index (χ4v) is 1.76. The number of likely N-dealkylation sites (tertiary alicyclic amines) is 1.